The van der Waals surface area contributed by atoms with E-state index >= 15 is 0 Å². The van der Waals surface area contributed by atoms with Gasteiger partial charge in [-0.1, -0.05) is 20.3 Å². The summed E-state index contributed by atoms with van der Waals surface area (Å²) in [6.45, 7) is 7.81. The number of hydrogen-bond acceptors (Lipinski definition) is 2. The molecule has 1 aliphatic heterocycles. The van der Waals surface area contributed by atoms with Gasteiger partial charge in [0.05, 0.1) is 12.4 Å². The van der Waals surface area contributed by atoms with Crippen LogP contribution in [0.5, 0.6) is 0 Å². The SMILES string of the molecule is CCCCN1CCN=C1CC. The highest BCUT2D eigenvalue weighted by atomic mass is 15.2. The lowest BCUT2D eigenvalue weighted by atomic mass is 10.3. The average molecular weight is 154 g/mol. The van der Waals surface area contributed by atoms with Gasteiger partial charge >= 0.3 is 0 Å². The van der Waals surface area contributed by atoms with Crippen molar-refractivity contribution >= 4 is 5.84 Å². The molecular weight excluding hydrogens is 136 g/mol. The van der Waals surface area contributed by atoms with E-state index < -0.39 is 0 Å². The fraction of sp³-hybridized carbons (Fsp3) is 0.889. The smallest absolute Gasteiger partial charge is 0.0987 e. The molecule has 2 heteroatoms. The Hall–Kier alpha value is -0.530. The maximum absolute atomic E-state index is 4.43. The molecule has 0 saturated heterocycles. The van der Waals surface area contributed by atoms with Crippen LogP contribution in [0.3, 0.4) is 0 Å². The van der Waals surface area contributed by atoms with Crippen LogP contribution in [0.1, 0.15) is 33.1 Å². The lowest BCUT2D eigenvalue weighted by molar-refractivity contribution is 0.437. The Morgan fingerprint density at radius 3 is 2.91 bits per heavy atom. The Kier molecular flexibility index (Phi) is 3.40. The monoisotopic (exact) mass is 154 g/mol. The van der Waals surface area contributed by atoms with Crippen LogP contribution in [0.4, 0.5) is 0 Å². The Morgan fingerprint density at radius 2 is 2.27 bits per heavy atom. The first-order valence-corrected chi connectivity index (χ1v) is 4.66. The molecule has 0 bridgehead atoms. The van der Waals surface area contributed by atoms with Crippen LogP contribution in [0.15, 0.2) is 4.99 Å². The lowest BCUT2D eigenvalue weighted by Gasteiger charge is -2.18. The number of amidine groups is 1. The van der Waals surface area contributed by atoms with Crippen LogP contribution in [-0.4, -0.2) is 30.4 Å². The van der Waals surface area contributed by atoms with Gasteiger partial charge in [0.15, 0.2) is 0 Å². The third kappa shape index (κ3) is 2.21. The first kappa shape index (κ1) is 8.57. The summed E-state index contributed by atoms with van der Waals surface area (Å²) in [5, 5.41) is 0. The van der Waals surface area contributed by atoms with E-state index in [4.69, 9.17) is 0 Å². The highest BCUT2D eigenvalue weighted by Crippen LogP contribution is 2.05. The molecule has 0 saturated carbocycles. The van der Waals surface area contributed by atoms with Crippen molar-refractivity contribution in [3.05, 3.63) is 0 Å². The van der Waals surface area contributed by atoms with Crippen molar-refractivity contribution in [2.45, 2.75) is 33.1 Å². The summed E-state index contributed by atoms with van der Waals surface area (Å²) in [4.78, 5) is 6.85. The third-order valence-corrected chi connectivity index (χ3v) is 2.13. The Bertz CT molecular complexity index is 140. The van der Waals surface area contributed by atoms with Gasteiger partial charge in [0, 0.05) is 19.5 Å². The van der Waals surface area contributed by atoms with Gasteiger partial charge in [-0.2, -0.15) is 0 Å². The molecule has 0 fully saturated rings. The van der Waals surface area contributed by atoms with Crippen molar-refractivity contribution in [1.82, 2.24) is 4.90 Å². The number of rotatable bonds is 4. The first-order chi connectivity index (χ1) is 5.38. The first-order valence-electron chi connectivity index (χ1n) is 4.66. The Balaban J connectivity index is 2.28. The molecule has 0 aromatic rings. The minimum atomic E-state index is 1.02. The molecule has 0 aliphatic carbocycles. The standard InChI is InChI=1S/C9H18N2/c1-3-5-7-11-8-6-10-9(11)4-2/h3-8H2,1-2H3. The van der Waals surface area contributed by atoms with E-state index in [2.05, 4.69) is 23.7 Å². The van der Waals surface area contributed by atoms with Crippen LogP contribution >= 0.6 is 0 Å². The van der Waals surface area contributed by atoms with Crippen molar-refractivity contribution in [2.75, 3.05) is 19.6 Å². The van der Waals surface area contributed by atoms with E-state index in [-0.39, 0.29) is 0 Å². The largest absolute Gasteiger partial charge is 0.359 e. The number of nitrogens with zero attached hydrogens (tertiary/aromatic N) is 2. The zero-order chi connectivity index (χ0) is 8.10. The molecule has 11 heavy (non-hydrogen) atoms. The number of hydrogen-bond donors (Lipinski definition) is 0. The molecule has 0 radical (unpaired) electrons. The van der Waals surface area contributed by atoms with E-state index in [1.807, 2.05) is 0 Å². The molecule has 1 rings (SSSR count). The van der Waals surface area contributed by atoms with Crippen LogP contribution < -0.4 is 0 Å². The van der Waals surface area contributed by atoms with E-state index in [1.54, 1.807) is 0 Å². The quantitative estimate of drug-likeness (QED) is 0.604. The van der Waals surface area contributed by atoms with Crippen molar-refractivity contribution in [3.8, 4) is 0 Å². The summed E-state index contributed by atoms with van der Waals surface area (Å²) >= 11 is 0. The number of aliphatic imine (C=N–C) groups is 1. The van der Waals surface area contributed by atoms with Gasteiger partial charge in [-0.3, -0.25) is 4.99 Å². The highest BCUT2D eigenvalue weighted by molar-refractivity contribution is 5.83. The topological polar surface area (TPSA) is 15.6 Å². The molecule has 0 amide bonds. The molecule has 1 aliphatic rings. The minimum absolute atomic E-state index is 1.02. The summed E-state index contributed by atoms with van der Waals surface area (Å²) < 4.78 is 0. The predicted octanol–water partition coefficient (Wildman–Crippen LogP) is 1.91. The molecule has 0 N–H and O–H groups in total. The van der Waals surface area contributed by atoms with E-state index in [1.165, 1.54) is 25.2 Å². The van der Waals surface area contributed by atoms with Gasteiger partial charge in [-0.25, -0.2) is 0 Å². The maximum Gasteiger partial charge on any atom is 0.0987 e. The summed E-state index contributed by atoms with van der Waals surface area (Å²) in [6, 6.07) is 0. The predicted molar refractivity (Wildman–Crippen MR) is 49.1 cm³/mol. The van der Waals surface area contributed by atoms with Gasteiger partial charge in [0.1, 0.15) is 0 Å². The van der Waals surface area contributed by atoms with Crippen LogP contribution in [0, 0.1) is 0 Å². The van der Waals surface area contributed by atoms with Crippen LogP contribution in [0.25, 0.3) is 0 Å². The van der Waals surface area contributed by atoms with Crippen molar-refractivity contribution in [3.63, 3.8) is 0 Å². The zero-order valence-corrected chi connectivity index (χ0v) is 7.64. The second-order valence-corrected chi connectivity index (χ2v) is 2.99. The van der Waals surface area contributed by atoms with Crippen LogP contribution in [0.2, 0.25) is 0 Å². The molecule has 0 unspecified atom stereocenters. The molecule has 0 aromatic heterocycles. The zero-order valence-electron chi connectivity index (χ0n) is 7.64. The third-order valence-electron chi connectivity index (χ3n) is 2.13. The van der Waals surface area contributed by atoms with E-state index in [0.717, 1.165) is 19.5 Å². The molecule has 0 spiro atoms. The minimum Gasteiger partial charge on any atom is -0.359 e. The number of unbranched alkanes of at least 4 members (excludes halogenated alkanes) is 1. The van der Waals surface area contributed by atoms with Crippen molar-refractivity contribution < 1.29 is 0 Å². The molecule has 0 atom stereocenters. The fourth-order valence-corrected chi connectivity index (χ4v) is 1.45. The van der Waals surface area contributed by atoms with Gasteiger partial charge in [-0.05, 0) is 6.42 Å². The Labute approximate surface area is 69.3 Å². The second kappa shape index (κ2) is 4.37. The van der Waals surface area contributed by atoms with Crippen molar-refractivity contribution in [1.29, 1.82) is 0 Å². The summed E-state index contributed by atoms with van der Waals surface area (Å²) in [7, 11) is 0. The van der Waals surface area contributed by atoms with Gasteiger partial charge in [-0.15, -0.1) is 0 Å². The average Bonchev–Trinajstić information content (AvgIpc) is 2.47. The molecule has 2 nitrogen and oxygen atoms in total. The fourth-order valence-electron chi connectivity index (χ4n) is 1.45. The van der Waals surface area contributed by atoms with Gasteiger partial charge in [0.2, 0.25) is 0 Å². The molecular formula is C9H18N2. The second-order valence-electron chi connectivity index (χ2n) is 2.99. The van der Waals surface area contributed by atoms with Crippen LogP contribution in [-0.2, 0) is 0 Å². The van der Waals surface area contributed by atoms with E-state index in [9.17, 15) is 0 Å². The maximum atomic E-state index is 4.43. The Morgan fingerprint density at radius 1 is 1.45 bits per heavy atom. The lowest BCUT2D eigenvalue weighted by Crippen LogP contribution is -2.28. The molecule has 0 aromatic carbocycles. The van der Waals surface area contributed by atoms with E-state index in [0.29, 0.717) is 0 Å². The summed E-state index contributed by atoms with van der Waals surface area (Å²) in [5.41, 5.74) is 0. The normalized spacial score (nSPS) is 17.3. The molecule has 64 valence electrons. The summed E-state index contributed by atoms with van der Waals surface area (Å²) in [6.07, 6.45) is 3.69. The summed E-state index contributed by atoms with van der Waals surface area (Å²) in [5.74, 6) is 1.32. The highest BCUT2D eigenvalue weighted by Gasteiger charge is 2.12. The van der Waals surface area contributed by atoms with Crippen molar-refractivity contribution in [2.24, 2.45) is 4.99 Å². The van der Waals surface area contributed by atoms with Gasteiger partial charge in [0.25, 0.3) is 0 Å². The van der Waals surface area contributed by atoms with Gasteiger partial charge < -0.3 is 4.90 Å². The molecule has 1 heterocycles.